The quantitative estimate of drug-likeness (QED) is 0.721. The molecular formula is C10H14F2O6. The van der Waals surface area contributed by atoms with Gasteiger partial charge in [0.2, 0.25) is 0 Å². The number of aliphatic hydroxyl groups excluding tert-OH is 1. The first-order chi connectivity index (χ1) is 8.16. The number of aliphatic hydroxyl groups is 1. The summed E-state index contributed by atoms with van der Waals surface area (Å²) in [6.07, 6.45) is -7.10. The van der Waals surface area contributed by atoms with Crippen molar-refractivity contribution in [3.05, 3.63) is 0 Å². The molecule has 0 saturated carbocycles. The van der Waals surface area contributed by atoms with Crippen molar-refractivity contribution >= 4 is 11.9 Å². The van der Waals surface area contributed by atoms with E-state index in [0.29, 0.717) is 0 Å². The van der Waals surface area contributed by atoms with Crippen molar-refractivity contribution in [2.45, 2.75) is 51.3 Å². The standard InChI is InChI=1S/C10H14F2O6/c1-4-7(15)8(17-5(2)13)10(11,12)9(16-4)18-6(3)14/h4,7-9,15H,1-3H3/t4-,7+,8+,9+/m0/s1. The molecule has 104 valence electrons. The zero-order valence-corrected chi connectivity index (χ0v) is 10.1. The van der Waals surface area contributed by atoms with Crippen LogP contribution in [0.1, 0.15) is 20.8 Å². The number of hydrogen-bond donors (Lipinski definition) is 1. The second-order valence-corrected chi connectivity index (χ2v) is 3.98. The molecule has 0 radical (unpaired) electrons. The van der Waals surface area contributed by atoms with E-state index in [1.807, 2.05) is 0 Å². The van der Waals surface area contributed by atoms with Crippen molar-refractivity contribution in [1.82, 2.24) is 0 Å². The zero-order valence-electron chi connectivity index (χ0n) is 10.1. The van der Waals surface area contributed by atoms with E-state index in [1.54, 1.807) is 0 Å². The van der Waals surface area contributed by atoms with Crippen molar-refractivity contribution in [1.29, 1.82) is 0 Å². The van der Waals surface area contributed by atoms with Crippen molar-refractivity contribution in [3.8, 4) is 0 Å². The Kier molecular flexibility index (Phi) is 4.23. The van der Waals surface area contributed by atoms with E-state index in [9.17, 15) is 23.5 Å². The topological polar surface area (TPSA) is 82.1 Å². The van der Waals surface area contributed by atoms with Gasteiger partial charge in [-0.05, 0) is 6.92 Å². The Hall–Kier alpha value is -1.28. The summed E-state index contributed by atoms with van der Waals surface area (Å²) in [4.78, 5) is 21.5. The highest BCUT2D eigenvalue weighted by molar-refractivity contribution is 5.67. The highest BCUT2D eigenvalue weighted by Gasteiger charge is 2.61. The van der Waals surface area contributed by atoms with Gasteiger partial charge in [0.15, 0.2) is 6.10 Å². The Labute approximate surface area is 102 Å². The molecule has 0 aromatic rings. The third-order valence-corrected chi connectivity index (χ3v) is 2.39. The Bertz CT molecular complexity index is 345. The third-order valence-electron chi connectivity index (χ3n) is 2.39. The summed E-state index contributed by atoms with van der Waals surface area (Å²) in [5.74, 6) is -5.78. The predicted octanol–water partition coefficient (Wildman–Crippen LogP) is 0.222. The van der Waals surface area contributed by atoms with Crippen LogP contribution in [0.3, 0.4) is 0 Å². The van der Waals surface area contributed by atoms with E-state index >= 15 is 0 Å². The summed E-state index contributed by atoms with van der Waals surface area (Å²) in [5.41, 5.74) is 0. The lowest BCUT2D eigenvalue weighted by molar-refractivity contribution is -0.343. The molecule has 6 nitrogen and oxygen atoms in total. The number of hydrogen-bond acceptors (Lipinski definition) is 6. The molecule has 0 amide bonds. The Balaban J connectivity index is 2.97. The number of alkyl halides is 2. The fourth-order valence-corrected chi connectivity index (χ4v) is 1.56. The zero-order chi connectivity index (χ0) is 14.1. The van der Waals surface area contributed by atoms with Gasteiger partial charge in [-0.15, -0.1) is 0 Å². The van der Waals surface area contributed by atoms with Gasteiger partial charge in [0.1, 0.15) is 6.10 Å². The highest BCUT2D eigenvalue weighted by Crippen LogP contribution is 2.37. The molecule has 18 heavy (non-hydrogen) atoms. The van der Waals surface area contributed by atoms with E-state index in [4.69, 9.17) is 4.74 Å². The number of rotatable bonds is 2. The van der Waals surface area contributed by atoms with Gasteiger partial charge < -0.3 is 19.3 Å². The van der Waals surface area contributed by atoms with Gasteiger partial charge >= 0.3 is 17.9 Å². The van der Waals surface area contributed by atoms with Crippen LogP contribution in [0.4, 0.5) is 8.78 Å². The van der Waals surface area contributed by atoms with Crippen molar-refractivity contribution in [2.24, 2.45) is 0 Å². The third kappa shape index (κ3) is 2.94. The van der Waals surface area contributed by atoms with Crippen LogP contribution in [0.2, 0.25) is 0 Å². The fraction of sp³-hybridized carbons (Fsp3) is 0.800. The van der Waals surface area contributed by atoms with E-state index in [0.717, 1.165) is 13.8 Å². The first kappa shape index (κ1) is 14.8. The lowest BCUT2D eigenvalue weighted by Crippen LogP contribution is -2.63. The van der Waals surface area contributed by atoms with Crippen molar-refractivity contribution in [2.75, 3.05) is 0 Å². The van der Waals surface area contributed by atoms with Gasteiger partial charge in [0.05, 0.1) is 6.10 Å². The number of ether oxygens (including phenoxy) is 3. The van der Waals surface area contributed by atoms with Crippen molar-refractivity contribution < 1.29 is 37.7 Å². The maximum Gasteiger partial charge on any atom is 0.347 e. The first-order valence-corrected chi connectivity index (χ1v) is 5.22. The largest absolute Gasteiger partial charge is 0.453 e. The van der Waals surface area contributed by atoms with Gasteiger partial charge in [-0.3, -0.25) is 9.59 Å². The van der Waals surface area contributed by atoms with Gasteiger partial charge in [0, 0.05) is 13.8 Å². The van der Waals surface area contributed by atoms with Gasteiger partial charge in [-0.2, -0.15) is 8.78 Å². The molecule has 8 heteroatoms. The van der Waals surface area contributed by atoms with Crippen LogP contribution in [0, 0.1) is 0 Å². The van der Waals surface area contributed by atoms with E-state index < -0.39 is 42.5 Å². The monoisotopic (exact) mass is 268 g/mol. The van der Waals surface area contributed by atoms with Crippen LogP contribution in [0.15, 0.2) is 0 Å². The first-order valence-electron chi connectivity index (χ1n) is 5.22. The fourth-order valence-electron chi connectivity index (χ4n) is 1.56. The molecule has 1 saturated heterocycles. The summed E-state index contributed by atoms with van der Waals surface area (Å²) in [6, 6.07) is 0. The van der Waals surface area contributed by atoms with E-state index in [2.05, 4.69) is 9.47 Å². The molecule has 0 bridgehead atoms. The van der Waals surface area contributed by atoms with E-state index in [-0.39, 0.29) is 0 Å². The summed E-state index contributed by atoms with van der Waals surface area (Å²) >= 11 is 0. The summed E-state index contributed by atoms with van der Waals surface area (Å²) in [7, 11) is 0. The molecular weight excluding hydrogens is 254 g/mol. The molecule has 0 aromatic heterocycles. The number of carbonyl (C=O) groups excluding carboxylic acids is 2. The smallest absolute Gasteiger partial charge is 0.347 e. The van der Waals surface area contributed by atoms with Crippen LogP contribution in [-0.4, -0.2) is 47.6 Å². The number of halogens is 2. The van der Waals surface area contributed by atoms with Crippen LogP contribution >= 0.6 is 0 Å². The highest BCUT2D eigenvalue weighted by atomic mass is 19.3. The molecule has 0 aromatic carbocycles. The molecule has 1 aliphatic rings. The minimum atomic E-state index is -3.83. The van der Waals surface area contributed by atoms with Crippen LogP contribution < -0.4 is 0 Å². The Morgan fingerprint density at radius 2 is 1.72 bits per heavy atom. The minimum Gasteiger partial charge on any atom is -0.453 e. The van der Waals surface area contributed by atoms with Gasteiger partial charge in [-0.25, -0.2) is 0 Å². The van der Waals surface area contributed by atoms with Crippen LogP contribution in [-0.2, 0) is 23.8 Å². The molecule has 1 heterocycles. The second-order valence-electron chi connectivity index (χ2n) is 3.98. The molecule has 4 atom stereocenters. The van der Waals surface area contributed by atoms with Gasteiger partial charge in [-0.1, -0.05) is 0 Å². The molecule has 1 rings (SSSR count). The predicted molar refractivity (Wildman–Crippen MR) is 52.6 cm³/mol. The van der Waals surface area contributed by atoms with Gasteiger partial charge in [0.25, 0.3) is 6.29 Å². The maximum absolute atomic E-state index is 13.8. The average molecular weight is 268 g/mol. The minimum absolute atomic E-state index is 0.934. The molecule has 0 spiro atoms. The second kappa shape index (κ2) is 5.15. The summed E-state index contributed by atoms with van der Waals surface area (Å²) < 4.78 is 41.1. The molecule has 1 aliphatic heterocycles. The summed E-state index contributed by atoms with van der Waals surface area (Å²) in [5, 5.41) is 9.55. The Morgan fingerprint density at radius 3 is 2.17 bits per heavy atom. The lowest BCUT2D eigenvalue weighted by atomic mass is 9.98. The lowest BCUT2D eigenvalue weighted by Gasteiger charge is -2.41. The van der Waals surface area contributed by atoms with Crippen LogP contribution in [0.5, 0.6) is 0 Å². The molecule has 1 fully saturated rings. The molecule has 0 unspecified atom stereocenters. The summed E-state index contributed by atoms with van der Waals surface area (Å²) in [6.45, 7) is 3.17. The van der Waals surface area contributed by atoms with E-state index in [1.165, 1.54) is 6.92 Å². The van der Waals surface area contributed by atoms with Crippen molar-refractivity contribution in [3.63, 3.8) is 0 Å². The normalized spacial score (nSPS) is 34.8. The average Bonchev–Trinajstić information content (AvgIpc) is 2.21. The number of carbonyl (C=O) groups is 2. The maximum atomic E-state index is 13.8. The number of esters is 2. The van der Waals surface area contributed by atoms with Crippen LogP contribution in [0.25, 0.3) is 0 Å². The SMILES string of the molecule is CC(=O)O[C@H]1O[C@@H](C)[C@@H](O)[C@@H](OC(C)=O)C1(F)F. The Morgan fingerprint density at radius 1 is 1.22 bits per heavy atom. The molecule has 1 N–H and O–H groups in total. The molecule has 0 aliphatic carbocycles.